The van der Waals surface area contributed by atoms with Crippen LogP contribution in [0.4, 0.5) is 5.69 Å². The second kappa shape index (κ2) is 8.11. The molecule has 1 saturated heterocycles. The number of halogens is 1. The van der Waals surface area contributed by atoms with E-state index >= 15 is 0 Å². The Morgan fingerprint density at radius 3 is 2.42 bits per heavy atom. The number of nitro benzene ring substituents is 1. The van der Waals surface area contributed by atoms with Crippen LogP contribution in [0.1, 0.15) is 19.8 Å². The topological polar surface area (TPSA) is 116 Å². The van der Waals surface area contributed by atoms with Gasteiger partial charge in [-0.1, -0.05) is 0 Å². The van der Waals surface area contributed by atoms with E-state index in [0.717, 1.165) is 6.07 Å². The van der Waals surface area contributed by atoms with Gasteiger partial charge in [-0.05, 0) is 31.7 Å². The predicted molar refractivity (Wildman–Crippen MR) is 92.0 cm³/mol. The van der Waals surface area contributed by atoms with Crippen molar-refractivity contribution >= 4 is 28.1 Å². The summed E-state index contributed by atoms with van der Waals surface area (Å²) in [5, 5.41) is 10.9. The molecule has 1 unspecified atom stereocenters. The normalized spacial score (nSPS) is 17.8. The van der Waals surface area contributed by atoms with Crippen molar-refractivity contribution in [1.82, 2.24) is 4.31 Å². The maximum absolute atomic E-state index is 12.8. The van der Waals surface area contributed by atoms with E-state index in [2.05, 4.69) is 0 Å². The molecule has 0 aromatic heterocycles. The molecule has 1 atom stereocenters. The lowest BCUT2D eigenvalue weighted by Gasteiger charge is -2.33. The van der Waals surface area contributed by atoms with Crippen LogP contribution in [0.3, 0.4) is 0 Å². The quantitative estimate of drug-likeness (QED) is 0.615. The average molecular weight is 380 g/mol. The van der Waals surface area contributed by atoms with Crippen LogP contribution in [0.2, 0.25) is 0 Å². The third kappa shape index (κ3) is 4.15. The number of benzene rings is 1. The van der Waals surface area contributed by atoms with Crippen LogP contribution in [0.5, 0.6) is 5.75 Å². The van der Waals surface area contributed by atoms with Crippen molar-refractivity contribution in [3.05, 3.63) is 28.3 Å². The van der Waals surface area contributed by atoms with Gasteiger partial charge in [-0.25, -0.2) is 8.42 Å². The lowest BCUT2D eigenvalue weighted by atomic mass is 9.92. The first-order valence-corrected chi connectivity index (χ1v) is 8.79. The minimum atomic E-state index is -3.85. The van der Waals surface area contributed by atoms with Gasteiger partial charge in [0.2, 0.25) is 10.0 Å². The third-order valence-corrected chi connectivity index (χ3v) is 6.14. The number of sulfonamides is 1. The smallest absolute Gasteiger partial charge is 0.271 e. The average Bonchev–Trinajstić information content (AvgIpc) is 2.54. The van der Waals surface area contributed by atoms with Gasteiger partial charge in [0.25, 0.3) is 5.69 Å². The van der Waals surface area contributed by atoms with E-state index < -0.39 is 14.9 Å². The van der Waals surface area contributed by atoms with E-state index in [-0.39, 0.29) is 40.7 Å². The number of non-ortho nitro benzene ring substituents is 1. The van der Waals surface area contributed by atoms with Gasteiger partial charge in [0.05, 0.1) is 12.0 Å². The molecule has 1 fully saturated rings. The number of nitro groups is 1. The Hall–Kier alpha value is -1.42. The molecule has 1 aliphatic heterocycles. The first kappa shape index (κ1) is 20.6. The van der Waals surface area contributed by atoms with Crippen molar-refractivity contribution in [3.63, 3.8) is 0 Å². The molecule has 0 aliphatic carbocycles. The zero-order valence-corrected chi connectivity index (χ0v) is 15.2. The molecule has 0 amide bonds. The molecule has 1 aromatic carbocycles. The molecule has 1 aromatic rings. The Kier molecular flexibility index (Phi) is 6.97. The Labute approximate surface area is 147 Å². The molecule has 0 radical (unpaired) electrons. The number of hydrogen-bond donors (Lipinski definition) is 1. The molecule has 2 N–H and O–H groups in total. The van der Waals surface area contributed by atoms with Gasteiger partial charge < -0.3 is 10.5 Å². The van der Waals surface area contributed by atoms with Crippen molar-refractivity contribution in [2.24, 2.45) is 11.7 Å². The standard InChI is InChI=1S/C14H21N3O5S.ClH/c1-10(15)11-5-7-16(8-6-11)23(20,21)14-9-12(17(18)19)3-4-13(14)22-2;/h3-4,9-11H,5-8,15H2,1-2H3;1H. The molecule has 2 rings (SSSR count). The molecule has 0 saturated carbocycles. The van der Waals surface area contributed by atoms with Crippen LogP contribution in [0.25, 0.3) is 0 Å². The zero-order chi connectivity index (χ0) is 17.2. The fourth-order valence-corrected chi connectivity index (χ4v) is 4.41. The van der Waals surface area contributed by atoms with Gasteiger partial charge in [-0.2, -0.15) is 4.31 Å². The minimum Gasteiger partial charge on any atom is -0.495 e. The molecule has 1 heterocycles. The predicted octanol–water partition coefficient (Wildman–Crippen LogP) is 1.77. The lowest BCUT2D eigenvalue weighted by Crippen LogP contribution is -2.42. The molecular weight excluding hydrogens is 358 g/mol. The number of nitrogens with two attached hydrogens (primary N) is 1. The summed E-state index contributed by atoms with van der Waals surface area (Å²) in [5.41, 5.74) is 5.59. The van der Waals surface area contributed by atoms with Gasteiger partial charge >= 0.3 is 0 Å². The van der Waals surface area contributed by atoms with E-state index in [1.165, 1.54) is 23.5 Å². The number of ether oxygens (including phenoxy) is 1. The second-order valence-corrected chi connectivity index (χ2v) is 7.60. The van der Waals surface area contributed by atoms with Crippen LogP contribution in [0, 0.1) is 16.0 Å². The molecule has 0 bridgehead atoms. The van der Waals surface area contributed by atoms with Gasteiger partial charge in [-0.3, -0.25) is 10.1 Å². The van der Waals surface area contributed by atoms with E-state index in [4.69, 9.17) is 10.5 Å². The molecule has 136 valence electrons. The third-order valence-electron chi connectivity index (χ3n) is 4.22. The molecule has 8 nitrogen and oxygen atoms in total. The molecule has 0 spiro atoms. The van der Waals surface area contributed by atoms with Crippen LogP contribution < -0.4 is 10.5 Å². The van der Waals surface area contributed by atoms with Crippen molar-refractivity contribution in [2.45, 2.75) is 30.7 Å². The van der Waals surface area contributed by atoms with Crippen LogP contribution in [-0.4, -0.2) is 43.9 Å². The second-order valence-electron chi connectivity index (χ2n) is 5.69. The van der Waals surface area contributed by atoms with E-state index in [9.17, 15) is 18.5 Å². The number of methoxy groups -OCH3 is 1. The van der Waals surface area contributed by atoms with Crippen LogP contribution in [-0.2, 0) is 10.0 Å². The molecule has 10 heteroatoms. The van der Waals surface area contributed by atoms with E-state index in [0.29, 0.717) is 25.9 Å². The summed E-state index contributed by atoms with van der Waals surface area (Å²) in [6.45, 7) is 2.61. The highest BCUT2D eigenvalue weighted by atomic mass is 35.5. The first-order valence-electron chi connectivity index (χ1n) is 7.35. The highest BCUT2D eigenvalue weighted by Crippen LogP contribution is 2.32. The maximum atomic E-state index is 12.8. The van der Waals surface area contributed by atoms with Gasteiger partial charge in [-0.15, -0.1) is 12.4 Å². The van der Waals surface area contributed by atoms with Gasteiger partial charge in [0, 0.05) is 31.3 Å². The SMILES string of the molecule is COc1ccc([N+](=O)[O-])cc1S(=O)(=O)N1CCC(C(C)N)CC1.Cl. The van der Waals surface area contributed by atoms with Gasteiger partial charge in [0.15, 0.2) is 0 Å². The van der Waals surface area contributed by atoms with Crippen LogP contribution in [0.15, 0.2) is 23.1 Å². The molecule has 24 heavy (non-hydrogen) atoms. The highest BCUT2D eigenvalue weighted by Gasteiger charge is 2.33. The zero-order valence-electron chi connectivity index (χ0n) is 13.5. The summed E-state index contributed by atoms with van der Waals surface area (Å²) >= 11 is 0. The van der Waals surface area contributed by atoms with Crippen molar-refractivity contribution < 1.29 is 18.1 Å². The lowest BCUT2D eigenvalue weighted by molar-refractivity contribution is -0.385. The fourth-order valence-electron chi connectivity index (χ4n) is 2.76. The van der Waals surface area contributed by atoms with Crippen molar-refractivity contribution in [3.8, 4) is 5.75 Å². The summed E-state index contributed by atoms with van der Waals surface area (Å²) in [6, 6.07) is 3.60. The number of nitrogens with zero attached hydrogens (tertiary/aromatic N) is 2. The Bertz CT molecular complexity index is 688. The molecular formula is C14H22ClN3O5S. The van der Waals surface area contributed by atoms with Crippen molar-refractivity contribution in [1.29, 1.82) is 0 Å². The fraction of sp³-hybridized carbons (Fsp3) is 0.571. The number of piperidine rings is 1. The Morgan fingerprint density at radius 1 is 1.38 bits per heavy atom. The molecule has 1 aliphatic rings. The summed E-state index contributed by atoms with van der Waals surface area (Å²) in [5.74, 6) is 0.387. The summed E-state index contributed by atoms with van der Waals surface area (Å²) in [6.07, 6.45) is 1.35. The summed E-state index contributed by atoms with van der Waals surface area (Å²) < 4.78 is 32.0. The highest BCUT2D eigenvalue weighted by molar-refractivity contribution is 7.89. The van der Waals surface area contributed by atoms with E-state index in [1.807, 2.05) is 6.92 Å². The van der Waals surface area contributed by atoms with E-state index in [1.54, 1.807) is 0 Å². The van der Waals surface area contributed by atoms with Crippen molar-refractivity contribution in [2.75, 3.05) is 20.2 Å². The van der Waals surface area contributed by atoms with Gasteiger partial charge in [0.1, 0.15) is 10.6 Å². The van der Waals surface area contributed by atoms with Crippen LogP contribution >= 0.6 is 12.4 Å². The summed E-state index contributed by atoms with van der Waals surface area (Å²) in [4.78, 5) is 10.1. The summed E-state index contributed by atoms with van der Waals surface area (Å²) in [7, 11) is -2.51. The monoisotopic (exact) mass is 379 g/mol. The Balaban J connectivity index is 0.00000288. The number of rotatable bonds is 5. The maximum Gasteiger partial charge on any atom is 0.271 e. The Morgan fingerprint density at radius 2 is 1.96 bits per heavy atom. The first-order chi connectivity index (χ1) is 10.8. The minimum absolute atomic E-state index is 0. The number of hydrogen-bond acceptors (Lipinski definition) is 6. The largest absolute Gasteiger partial charge is 0.495 e.